The molecule has 5 rings (SSSR count). The number of nitrogens with zero attached hydrogens (tertiary/aromatic N) is 6. The van der Waals surface area contributed by atoms with Gasteiger partial charge in [-0.15, -0.1) is 0 Å². The van der Waals surface area contributed by atoms with Crippen molar-refractivity contribution in [3.63, 3.8) is 0 Å². The number of nitrogens with one attached hydrogen (secondary N) is 1. The second-order valence-electron chi connectivity index (χ2n) is 6.13. The van der Waals surface area contributed by atoms with Gasteiger partial charge in [0.25, 0.3) is 0 Å². The van der Waals surface area contributed by atoms with Crippen molar-refractivity contribution < 1.29 is 0 Å². The highest BCUT2D eigenvalue weighted by atomic mass is 15.3. The van der Waals surface area contributed by atoms with Gasteiger partial charge in [-0.25, -0.2) is 24.6 Å². The first-order valence-electron chi connectivity index (χ1n) is 8.78. The number of hydrogen-bond acceptors (Lipinski definition) is 6. The molecular formula is C21H15N7. The summed E-state index contributed by atoms with van der Waals surface area (Å²) in [7, 11) is 0. The lowest BCUT2D eigenvalue weighted by atomic mass is 10.2. The van der Waals surface area contributed by atoms with E-state index in [4.69, 9.17) is 9.97 Å². The summed E-state index contributed by atoms with van der Waals surface area (Å²) in [5, 5.41) is 8.62. The maximum Gasteiger partial charge on any atom is 0.250 e. The lowest BCUT2D eigenvalue weighted by Crippen LogP contribution is -2.00. The van der Waals surface area contributed by atoms with Crippen LogP contribution < -0.4 is 5.32 Å². The molecule has 0 radical (unpaired) electrons. The van der Waals surface area contributed by atoms with Crippen molar-refractivity contribution in [3.05, 3.63) is 85.5 Å². The van der Waals surface area contributed by atoms with Crippen molar-refractivity contribution >= 4 is 22.4 Å². The summed E-state index contributed by atoms with van der Waals surface area (Å²) in [6.45, 7) is 0. The Balaban J connectivity index is 1.56. The van der Waals surface area contributed by atoms with Crippen LogP contribution in [0.15, 0.2) is 85.5 Å². The quantitative estimate of drug-likeness (QED) is 0.518. The molecule has 0 aliphatic heterocycles. The van der Waals surface area contributed by atoms with Crippen LogP contribution >= 0.6 is 0 Å². The largest absolute Gasteiger partial charge is 0.337 e. The standard InChI is InChI=1S/C21H15N7/c1-2-7-15(8-3-1)19-26-18-10-5-4-9-17(18)20(27-19)25-16-13-24-28(14-16)21-22-11-6-12-23-21/h1-14H,(H,25,26,27). The first kappa shape index (κ1) is 16.1. The summed E-state index contributed by atoms with van der Waals surface area (Å²) in [4.78, 5) is 17.9. The highest BCUT2D eigenvalue weighted by molar-refractivity contribution is 5.92. The van der Waals surface area contributed by atoms with Crippen LogP contribution in [-0.4, -0.2) is 29.7 Å². The first-order valence-corrected chi connectivity index (χ1v) is 8.78. The molecule has 5 aromatic rings. The Morgan fingerprint density at radius 3 is 2.43 bits per heavy atom. The van der Waals surface area contributed by atoms with Gasteiger partial charge in [-0.05, 0) is 18.2 Å². The van der Waals surface area contributed by atoms with Crippen molar-refractivity contribution in [2.24, 2.45) is 0 Å². The normalized spacial score (nSPS) is 10.9. The van der Waals surface area contributed by atoms with E-state index in [2.05, 4.69) is 20.4 Å². The van der Waals surface area contributed by atoms with E-state index in [0.717, 1.165) is 28.0 Å². The molecule has 0 fully saturated rings. The maximum absolute atomic E-state index is 4.76. The summed E-state index contributed by atoms with van der Waals surface area (Å²) in [6, 6.07) is 19.6. The lowest BCUT2D eigenvalue weighted by molar-refractivity contribution is 0.808. The second kappa shape index (κ2) is 6.88. The molecule has 0 aliphatic carbocycles. The predicted molar refractivity (Wildman–Crippen MR) is 107 cm³/mol. The Labute approximate surface area is 160 Å². The number of benzene rings is 2. The summed E-state index contributed by atoms with van der Waals surface area (Å²) in [5.74, 6) is 1.90. The molecule has 0 aliphatic rings. The molecular weight excluding hydrogens is 350 g/mol. The van der Waals surface area contributed by atoms with Crippen LogP contribution in [0, 0.1) is 0 Å². The van der Waals surface area contributed by atoms with Crippen molar-refractivity contribution in [2.75, 3.05) is 5.32 Å². The SMILES string of the molecule is c1ccc(-c2nc(Nc3cnn(-c4ncccn4)c3)c3ccccc3n2)cc1. The summed E-state index contributed by atoms with van der Waals surface area (Å²) in [5.41, 5.74) is 2.62. The average Bonchev–Trinajstić information content (AvgIpc) is 3.23. The first-order chi connectivity index (χ1) is 13.9. The Kier molecular flexibility index (Phi) is 3.95. The van der Waals surface area contributed by atoms with Gasteiger partial charge in [0.2, 0.25) is 5.95 Å². The molecule has 0 saturated heterocycles. The maximum atomic E-state index is 4.76. The van der Waals surface area contributed by atoms with Gasteiger partial charge in [0, 0.05) is 23.3 Å². The van der Waals surface area contributed by atoms with E-state index < -0.39 is 0 Å². The van der Waals surface area contributed by atoms with Crippen molar-refractivity contribution in [2.45, 2.75) is 0 Å². The number of hydrogen-bond donors (Lipinski definition) is 1. The third-order valence-electron chi connectivity index (χ3n) is 4.24. The van der Waals surface area contributed by atoms with Gasteiger partial charge in [-0.3, -0.25) is 0 Å². The number of anilines is 2. The van der Waals surface area contributed by atoms with Gasteiger partial charge < -0.3 is 5.32 Å². The molecule has 3 heterocycles. The highest BCUT2D eigenvalue weighted by Gasteiger charge is 2.11. The zero-order valence-electron chi connectivity index (χ0n) is 14.8. The molecule has 134 valence electrons. The summed E-state index contributed by atoms with van der Waals surface area (Å²) >= 11 is 0. The van der Waals surface area contributed by atoms with E-state index in [1.165, 1.54) is 0 Å². The molecule has 0 amide bonds. The van der Waals surface area contributed by atoms with Crippen LogP contribution in [-0.2, 0) is 0 Å². The van der Waals surface area contributed by atoms with E-state index >= 15 is 0 Å². The number of para-hydroxylation sites is 1. The minimum absolute atomic E-state index is 0.507. The van der Waals surface area contributed by atoms with E-state index in [1.54, 1.807) is 29.3 Å². The van der Waals surface area contributed by atoms with E-state index in [9.17, 15) is 0 Å². The molecule has 0 atom stereocenters. The minimum Gasteiger partial charge on any atom is -0.337 e. The summed E-state index contributed by atoms with van der Waals surface area (Å²) in [6.07, 6.45) is 6.91. The fourth-order valence-corrected chi connectivity index (χ4v) is 2.93. The molecule has 0 unspecified atom stereocenters. The van der Waals surface area contributed by atoms with Gasteiger partial charge in [0.15, 0.2) is 5.82 Å². The van der Waals surface area contributed by atoms with Crippen LogP contribution in [0.3, 0.4) is 0 Å². The molecule has 0 bridgehead atoms. The molecule has 1 N–H and O–H groups in total. The predicted octanol–water partition coefficient (Wildman–Crippen LogP) is 4.02. The average molecular weight is 365 g/mol. The fraction of sp³-hybridized carbons (Fsp3) is 0. The second-order valence-corrected chi connectivity index (χ2v) is 6.13. The zero-order chi connectivity index (χ0) is 18.8. The van der Waals surface area contributed by atoms with E-state index in [1.807, 2.05) is 60.8 Å². The van der Waals surface area contributed by atoms with Crippen molar-refractivity contribution in [1.29, 1.82) is 0 Å². The molecule has 7 heteroatoms. The lowest BCUT2D eigenvalue weighted by Gasteiger charge is -2.09. The van der Waals surface area contributed by atoms with Gasteiger partial charge in [-0.1, -0.05) is 42.5 Å². The minimum atomic E-state index is 0.507. The molecule has 3 aromatic heterocycles. The van der Waals surface area contributed by atoms with E-state index in [-0.39, 0.29) is 0 Å². The third kappa shape index (κ3) is 3.05. The Morgan fingerprint density at radius 1 is 0.786 bits per heavy atom. The van der Waals surface area contributed by atoms with Gasteiger partial charge in [0.05, 0.1) is 23.6 Å². The Bertz CT molecular complexity index is 1230. The zero-order valence-corrected chi connectivity index (χ0v) is 14.8. The van der Waals surface area contributed by atoms with Crippen LogP contribution in [0.4, 0.5) is 11.5 Å². The highest BCUT2D eigenvalue weighted by Crippen LogP contribution is 2.27. The monoisotopic (exact) mass is 365 g/mol. The van der Waals surface area contributed by atoms with Crippen LogP contribution in [0.2, 0.25) is 0 Å². The number of fused-ring (bicyclic) bond motifs is 1. The number of rotatable bonds is 4. The van der Waals surface area contributed by atoms with Gasteiger partial charge in [-0.2, -0.15) is 5.10 Å². The smallest absolute Gasteiger partial charge is 0.250 e. The molecule has 28 heavy (non-hydrogen) atoms. The Morgan fingerprint density at radius 2 is 1.57 bits per heavy atom. The van der Waals surface area contributed by atoms with Crippen molar-refractivity contribution in [3.8, 4) is 17.3 Å². The van der Waals surface area contributed by atoms with Gasteiger partial charge in [0.1, 0.15) is 5.82 Å². The van der Waals surface area contributed by atoms with Crippen molar-refractivity contribution in [1.82, 2.24) is 29.7 Å². The van der Waals surface area contributed by atoms with Crippen LogP contribution in [0.5, 0.6) is 0 Å². The topological polar surface area (TPSA) is 81.4 Å². The van der Waals surface area contributed by atoms with Crippen LogP contribution in [0.25, 0.3) is 28.2 Å². The number of aromatic nitrogens is 6. The summed E-state index contributed by atoms with van der Waals surface area (Å²) < 4.78 is 1.61. The molecule has 2 aromatic carbocycles. The Hall–Kier alpha value is -4.13. The third-order valence-corrected chi connectivity index (χ3v) is 4.24. The molecule has 7 nitrogen and oxygen atoms in total. The van der Waals surface area contributed by atoms with Crippen LogP contribution in [0.1, 0.15) is 0 Å². The van der Waals surface area contributed by atoms with E-state index in [0.29, 0.717) is 11.8 Å². The fourth-order valence-electron chi connectivity index (χ4n) is 2.93. The van der Waals surface area contributed by atoms with Gasteiger partial charge >= 0.3 is 0 Å². The molecule has 0 spiro atoms. The molecule has 0 saturated carbocycles.